The molecular weight excluding hydrogens is 439 g/mol. The summed E-state index contributed by atoms with van der Waals surface area (Å²) >= 11 is 0. The second-order valence-electron chi connectivity index (χ2n) is 8.49. The van der Waals surface area contributed by atoms with Crippen LogP contribution in [0.25, 0.3) is 5.52 Å². The van der Waals surface area contributed by atoms with Crippen LogP contribution in [0.5, 0.6) is 0 Å². The van der Waals surface area contributed by atoms with Crippen molar-refractivity contribution in [2.24, 2.45) is 0 Å². The van der Waals surface area contributed by atoms with Gasteiger partial charge >= 0.3 is 0 Å². The molecule has 1 amide bonds. The van der Waals surface area contributed by atoms with Crippen molar-refractivity contribution >= 4 is 17.2 Å². The Morgan fingerprint density at radius 2 is 2.09 bits per heavy atom. The Bertz CT molecular complexity index is 1330. The maximum absolute atomic E-state index is 14.3. The van der Waals surface area contributed by atoms with Crippen LogP contribution in [-0.2, 0) is 11.2 Å². The smallest absolute Gasteiger partial charge is 0.271 e. The Balaban J connectivity index is 1.30. The minimum absolute atomic E-state index is 0.0859. The van der Waals surface area contributed by atoms with Gasteiger partial charge in [0.15, 0.2) is 0 Å². The number of fused-ring (bicyclic) bond motifs is 2. The molecule has 0 saturated carbocycles. The van der Waals surface area contributed by atoms with Gasteiger partial charge in [-0.2, -0.15) is 5.10 Å². The number of aromatic nitrogens is 6. The molecule has 0 aromatic carbocycles. The van der Waals surface area contributed by atoms with Crippen LogP contribution in [-0.4, -0.2) is 61.3 Å². The third kappa shape index (κ3) is 3.67. The van der Waals surface area contributed by atoms with Gasteiger partial charge in [-0.25, -0.2) is 23.9 Å². The van der Waals surface area contributed by atoms with Crippen molar-refractivity contribution in [3.8, 4) is 0 Å². The summed E-state index contributed by atoms with van der Waals surface area (Å²) in [4.78, 5) is 31.3. The van der Waals surface area contributed by atoms with Crippen LogP contribution >= 0.6 is 0 Å². The number of carbonyl (C=O) groups is 1. The largest absolute Gasteiger partial charge is 0.381 e. The monoisotopic (exact) mass is 462 g/mol. The molecule has 2 N–H and O–H groups in total. The van der Waals surface area contributed by atoms with Crippen LogP contribution < -0.4 is 10.2 Å². The molecule has 4 aromatic rings. The van der Waals surface area contributed by atoms with Gasteiger partial charge in [-0.3, -0.25) is 4.79 Å². The van der Waals surface area contributed by atoms with Gasteiger partial charge in [0.1, 0.15) is 28.9 Å². The van der Waals surface area contributed by atoms with Crippen LogP contribution in [0, 0.1) is 5.82 Å². The third-order valence-electron chi connectivity index (χ3n) is 6.40. The number of hydrogen-bond donors (Lipinski definition) is 2. The maximum Gasteiger partial charge on any atom is 0.271 e. The van der Waals surface area contributed by atoms with Crippen molar-refractivity contribution in [2.45, 2.75) is 31.3 Å². The van der Waals surface area contributed by atoms with Crippen molar-refractivity contribution in [1.29, 1.82) is 0 Å². The molecular formula is C23H23FN8O2. The van der Waals surface area contributed by atoms with Gasteiger partial charge in [-0.15, -0.1) is 0 Å². The number of ether oxygens (including phenoxy) is 1. The number of pyridine rings is 1. The zero-order valence-electron chi connectivity index (χ0n) is 18.3. The maximum atomic E-state index is 14.3. The van der Waals surface area contributed by atoms with E-state index >= 15 is 0 Å². The molecule has 1 saturated heterocycles. The predicted octanol–water partition coefficient (Wildman–Crippen LogP) is 2.05. The second kappa shape index (κ2) is 8.49. The average Bonchev–Trinajstić information content (AvgIpc) is 3.52. The molecule has 0 spiro atoms. The number of H-pyrrole nitrogens is 1. The zero-order valence-corrected chi connectivity index (χ0v) is 18.3. The highest BCUT2D eigenvalue weighted by molar-refractivity contribution is 5.92. The van der Waals surface area contributed by atoms with E-state index in [9.17, 15) is 9.18 Å². The Hall–Kier alpha value is -3.86. The van der Waals surface area contributed by atoms with Crippen molar-refractivity contribution in [2.75, 3.05) is 24.7 Å². The topological polar surface area (TPSA) is 113 Å². The van der Waals surface area contributed by atoms with Crippen molar-refractivity contribution in [1.82, 2.24) is 34.9 Å². The zero-order chi connectivity index (χ0) is 23.1. The molecule has 10 nitrogen and oxygen atoms in total. The van der Waals surface area contributed by atoms with Gasteiger partial charge in [0.05, 0.1) is 30.1 Å². The van der Waals surface area contributed by atoms with Crippen LogP contribution in [0.2, 0.25) is 0 Å². The van der Waals surface area contributed by atoms with Crippen LogP contribution in [0.3, 0.4) is 0 Å². The molecule has 2 aliphatic heterocycles. The number of nitrogens with zero attached hydrogens (tertiary/aromatic N) is 6. The molecule has 0 aliphatic carbocycles. The fraction of sp³-hybridized carbons (Fsp3) is 0.348. The molecule has 6 rings (SSSR count). The van der Waals surface area contributed by atoms with Gasteiger partial charge in [-0.1, -0.05) is 0 Å². The number of aromatic amines is 1. The number of rotatable bonds is 4. The molecule has 0 radical (unpaired) electrons. The highest BCUT2D eigenvalue weighted by Crippen LogP contribution is 2.35. The lowest BCUT2D eigenvalue weighted by atomic mass is 10.00. The van der Waals surface area contributed by atoms with E-state index in [4.69, 9.17) is 4.74 Å². The summed E-state index contributed by atoms with van der Waals surface area (Å²) in [5.74, 6) is 0.0101. The third-order valence-corrected chi connectivity index (χ3v) is 6.40. The quantitative estimate of drug-likeness (QED) is 0.477. The summed E-state index contributed by atoms with van der Waals surface area (Å²) in [6.45, 7) is 1.93. The molecule has 11 heteroatoms. The fourth-order valence-corrected chi connectivity index (χ4v) is 4.64. The van der Waals surface area contributed by atoms with E-state index in [1.54, 1.807) is 30.9 Å². The van der Waals surface area contributed by atoms with Crippen LogP contribution in [0.15, 0.2) is 43.1 Å². The molecule has 4 aromatic heterocycles. The summed E-state index contributed by atoms with van der Waals surface area (Å²) in [7, 11) is 0. The van der Waals surface area contributed by atoms with Gasteiger partial charge < -0.3 is 19.9 Å². The summed E-state index contributed by atoms with van der Waals surface area (Å²) in [5.41, 5.74) is 3.14. The normalized spacial score (nSPS) is 18.7. The predicted molar refractivity (Wildman–Crippen MR) is 120 cm³/mol. The standard InChI is InChI=1S/C23H23FN8O2/c24-15-2-1-6-32-19(15)10-17(30-32)22-21-16(27-13-28-21)3-7-31(22)20-12-25-18(11-26-20)23(33)29-14-4-8-34-9-5-14/h1-2,6,10-14,22H,3-5,7-9H2,(H,27,28)(H,29,33)/t22-/m1/s1. The number of imidazole rings is 1. The number of nitrogens with one attached hydrogen (secondary N) is 2. The van der Waals surface area contributed by atoms with Crippen molar-refractivity contribution in [3.05, 3.63) is 71.7 Å². The van der Waals surface area contributed by atoms with Crippen LogP contribution in [0.1, 0.15) is 46.5 Å². The number of amides is 1. The lowest BCUT2D eigenvalue weighted by Gasteiger charge is -2.34. The van der Waals surface area contributed by atoms with E-state index in [0.717, 1.165) is 30.7 Å². The Labute approximate surface area is 194 Å². The van der Waals surface area contributed by atoms with E-state index in [2.05, 4.69) is 30.4 Å². The van der Waals surface area contributed by atoms with Gasteiger partial charge in [0, 0.05) is 44.1 Å². The van der Waals surface area contributed by atoms with Crippen LogP contribution in [0.4, 0.5) is 10.2 Å². The Kier molecular flexibility index (Phi) is 5.17. The van der Waals surface area contributed by atoms with Crippen molar-refractivity contribution in [3.63, 3.8) is 0 Å². The van der Waals surface area contributed by atoms with Gasteiger partial charge in [0.25, 0.3) is 5.91 Å². The molecule has 2 aliphatic rings. The first-order valence-corrected chi connectivity index (χ1v) is 11.3. The highest BCUT2D eigenvalue weighted by atomic mass is 19.1. The first-order chi connectivity index (χ1) is 16.7. The number of hydrogen-bond acceptors (Lipinski definition) is 7. The number of halogens is 1. The molecule has 0 unspecified atom stereocenters. The molecule has 34 heavy (non-hydrogen) atoms. The van der Waals surface area contributed by atoms with E-state index in [0.29, 0.717) is 36.8 Å². The Morgan fingerprint density at radius 3 is 2.88 bits per heavy atom. The molecule has 0 bridgehead atoms. The van der Waals surface area contributed by atoms with Gasteiger partial charge in [-0.05, 0) is 31.0 Å². The molecule has 1 atom stereocenters. The first-order valence-electron chi connectivity index (χ1n) is 11.3. The SMILES string of the molecule is O=C(NC1CCOCC1)c1cnc(N2CCc3[nH]cnc3[C@H]2c2cc3c(F)cccn3n2)cn1. The van der Waals surface area contributed by atoms with Crippen molar-refractivity contribution < 1.29 is 13.9 Å². The summed E-state index contributed by atoms with van der Waals surface area (Å²) in [6, 6.07) is 4.48. The van der Waals surface area contributed by atoms with E-state index in [1.807, 2.05) is 4.90 Å². The summed E-state index contributed by atoms with van der Waals surface area (Å²) in [6.07, 6.45) is 8.78. The lowest BCUT2D eigenvalue weighted by Crippen LogP contribution is -2.39. The average molecular weight is 462 g/mol. The van der Waals surface area contributed by atoms with E-state index in [-0.39, 0.29) is 29.5 Å². The number of carbonyl (C=O) groups excluding carboxylic acids is 1. The second-order valence-corrected chi connectivity index (χ2v) is 8.49. The Morgan fingerprint density at radius 1 is 1.21 bits per heavy atom. The minimum Gasteiger partial charge on any atom is -0.381 e. The number of anilines is 1. The molecule has 174 valence electrons. The van der Waals surface area contributed by atoms with Gasteiger partial charge in [0.2, 0.25) is 0 Å². The highest BCUT2D eigenvalue weighted by Gasteiger charge is 2.34. The minimum atomic E-state index is -0.370. The molecule has 6 heterocycles. The molecule has 1 fully saturated rings. The van der Waals surface area contributed by atoms with E-state index in [1.165, 1.54) is 16.8 Å². The first kappa shape index (κ1) is 20.7. The summed E-state index contributed by atoms with van der Waals surface area (Å²) < 4.78 is 21.2. The lowest BCUT2D eigenvalue weighted by molar-refractivity contribution is 0.0694. The summed E-state index contributed by atoms with van der Waals surface area (Å²) in [5, 5.41) is 7.62. The fourth-order valence-electron chi connectivity index (χ4n) is 4.64. The van der Waals surface area contributed by atoms with E-state index < -0.39 is 0 Å².